The van der Waals surface area contributed by atoms with E-state index in [-0.39, 0.29) is 24.6 Å². The zero-order chi connectivity index (χ0) is 15.9. The summed E-state index contributed by atoms with van der Waals surface area (Å²) in [5.74, 6) is -2.05. The van der Waals surface area contributed by atoms with Crippen LogP contribution in [0.2, 0.25) is 0 Å². The van der Waals surface area contributed by atoms with Crippen LogP contribution in [-0.2, 0) is 9.59 Å². The molecule has 2 rings (SSSR count). The lowest BCUT2D eigenvalue weighted by Crippen LogP contribution is -2.17. The van der Waals surface area contributed by atoms with E-state index in [1.165, 1.54) is 24.3 Å². The van der Waals surface area contributed by atoms with Gasteiger partial charge in [0.15, 0.2) is 0 Å². The second-order valence-electron chi connectivity index (χ2n) is 4.96. The quantitative estimate of drug-likeness (QED) is 0.859. The average Bonchev–Trinajstić information content (AvgIpc) is 2.49. The monoisotopic (exact) mass is 301 g/mol. The highest BCUT2D eigenvalue weighted by Crippen LogP contribution is 2.24. The van der Waals surface area contributed by atoms with E-state index in [2.05, 4.69) is 5.32 Å². The van der Waals surface area contributed by atoms with Gasteiger partial charge in [0.2, 0.25) is 5.91 Å². The molecule has 1 amide bonds. The van der Waals surface area contributed by atoms with Crippen LogP contribution in [0.1, 0.15) is 24.3 Å². The molecule has 5 heteroatoms. The van der Waals surface area contributed by atoms with E-state index in [0.29, 0.717) is 5.69 Å². The fourth-order valence-corrected chi connectivity index (χ4v) is 2.21. The first-order valence-corrected chi connectivity index (χ1v) is 6.87. The fraction of sp³-hybridized carbons (Fsp3) is 0.176. The maximum atomic E-state index is 12.8. The molecule has 0 bridgehead atoms. The highest BCUT2D eigenvalue weighted by Gasteiger charge is 2.19. The normalized spacial score (nSPS) is 11.7. The number of benzene rings is 2. The van der Waals surface area contributed by atoms with Crippen LogP contribution in [-0.4, -0.2) is 17.0 Å². The number of carboxylic acid groups (broad SMARTS) is 1. The second kappa shape index (κ2) is 7.36. The van der Waals surface area contributed by atoms with Gasteiger partial charge in [-0.15, -0.1) is 0 Å². The van der Waals surface area contributed by atoms with Crippen molar-refractivity contribution in [3.05, 3.63) is 66.0 Å². The number of aliphatic carboxylic acids is 1. The molecule has 0 aliphatic heterocycles. The molecule has 1 atom stereocenters. The molecule has 114 valence electrons. The molecule has 2 aromatic rings. The smallest absolute Gasteiger partial charge is 0.303 e. The number of carboxylic acids is 1. The van der Waals surface area contributed by atoms with Crippen LogP contribution in [0.4, 0.5) is 10.1 Å². The van der Waals surface area contributed by atoms with Crippen LogP contribution in [0.25, 0.3) is 0 Å². The lowest BCUT2D eigenvalue weighted by molar-refractivity contribution is -0.137. The maximum absolute atomic E-state index is 12.8. The Balaban J connectivity index is 2.04. The van der Waals surface area contributed by atoms with Gasteiger partial charge in [-0.2, -0.15) is 0 Å². The summed E-state index contributed by atoms with van der Waals surface area (Å²) in [6.07, 6.45) is -0.0749. The first kappa shape index (κ1) is 15.7. The Morgan fingerprint density at radius 2 is 1.64 bits per heavy atom. The molecule has 1 unspecified atom stereocenters. The minimum Gasteiger partial charge on any atom is -0.481 e. The number of anilines is 1. The van der Waals surface area contributed by atoms with E-state index in [9.17, 15) is 14.0 Å². The summed E-state index contributed by atoms with van der Waals surface area (Å²) in [6.45, 7) is 0. The standard InChI is InChI=1S/C17H16FNO3/c18-14-6-8-15(9-7-14)19-16(20)10-13(11-17(21)22)12-4-2-1-3-5-12/h1-9,13H,10-11H2,(H,19,20)(H,21,22). The van der Waals surface area contributed by atoms with Crippen molar-refractivity contribution < 1.29 is 19.1 Å². The molecule has 0 heterocycles. The van der Waals surface area contributed by atoms with E-state index in [0.717, 1.165) is 5.56 Å². The SMILES string of the molecule is O=C(O)CC(CC(=O)Nc1ccc(F)cc1)c1ccccc1. The number of amides is 1. The van der Waals surface area contributed by atoms with Gasteiger partial charge in [-0.1, -0.05) is 30.3 Å². The number of halogens is 1. The zero-order valence-electron chi connectivity index (χ0n) is 11.8. The summed E-state index contributed by atoms with van der Waals surface area (Å²) >= 11 is 0. The summed E-state index contributed by atoms with van der Waals surface area (Å²) in [5.41, 5.74) is 1.28. The number of rotatable bonds is 6. The van der Waals surface area contributed by atoms with Crippen LogP contribution in [0.5, 0.6) is 0 Å². The summed E-state index contributed by atoms with van der Waals surface area (Å²) in [4.78, 5) is 23.1. The molecule has 0 radical (unpaired) electrons. The molecule has 0 aliphatic rings. The van der Waals surface area contributed by atoms with Crippen LogP contribution in [0.3, 0.4) is 0 Å². The number of hydrogen-bond acceptors (Lipinski definition) is 2. The molecule has 2 aromatic carbocycles. The number of carbonyl (C=O) groups excluding carboxylic acids is 1. The second-order valence-corrected chi connectivity index (χ2v) is 4.96. The van der Waals surface area contributed by atoms with Crippen LogP contribution in [0, 0.1) is 5.82 Å². The Morgan fingerprint density at radius 1 is 1.00 bits per heavy atom. The molecule has 4 nitrogen and oxygen atoms in total. The number of hydrogen-bond donors (Lipinski definition) is 2. The van der Waals surface area contributed by atoms with Crippen molar-refractivity contribution >= 4 is 17.6 Å². The average molecular weight is 301 g/mol. The zero-order valence-corrected chi connectivity index (χ0v) is 11.8. The Labute approximate surface area is 127 Å². The van der Waals surface area contributed by atoms with Crippen molar-refractivity contribution in [3.63, 3.8) is 0 Å². The topological polar surface area (TPSA) is 66.4 Å². The van der Waals surface area contributed by atoms with Crippen molar-refractivity contribution in [2.45, 2.75) is 18.8 Å². The van der Waals surface area contributed by atoms with Crippen molar-refractivity contribution in [1.29, 1.82) is 0 Å². The molecule has 2 N–H and O–H groups in total. The third kappa shape index (κ3) is 4.70. The van der Waals surface area contributed by atoms with E-state index in [1.54, 1.807) is 12.1 Å². The Bertz CT molecular complexity index is 641. The third-order valence-corrected chi connectivity index (χ3v) is 3.25. The van der Waals surface area contributed by atoms with Gasteiger partial charge in [-0.05, 0) is 29.8 Å². The maximum Gasteiger partial charge on any atom is 0.303 e. The largest absolute Gasteiger partial charge is 0.481 e. The minimum absolute atomic E-state index is 0.0493. The Hall–Kier alpha value is -2.69. The Kier molecular flexibility index (Phi) is 5.25. The summed E-state index contributed by atoms with van der Waals surface area (Å²) < 4.78 is 12.8. The molecular formula is C17H16FNO3. The minimum atomic E-state index is -0.955. The molecule has 22 heavy (non-hydrogen) atoms. The van der Waals surface area contributed by atoms with Crippen molar-refractivity contribution in [2.75, 3.05) is 5.32 Å². The third-order valence-electron chi connectivity index (χ3n) is 3.25. The summed E-state index contributed by atoms with van der Waals surface area (Å²) in [7, 11) is 0. The summed E-state index contributed by atoms with van der Waals surface area (Å²) in [6, 6.07) is 14.5. The van der Waals surface area contributed by atoms with Gasteiger partial charge >= 0.3 is 5.97 Å². The van der Waals surface area contributed by atoms with Crippen molar-refractivity contribution in [2.24, 2.45) is 0 Å². The van der Waals surface area contributed by atoms with E-state index in [1.807, 2.05) is 18.2 Å². The van der Waals surface area contributed by atoms with Gasteiger partial charge in [0, 0.05) is 18.0 Å². The predicted molar refractivity (Wildman–Crippen MR) is 81.1 cm³/mol. The lowest BCUT2D eigenvalue weighted by atomic mass is 9.92. The molecule has 0 aromatic heterocycles. The molecular weight excluding hydrogens is 285 g/mol. The Morgan fingerprint density at radius 3 is 2.23 bits per heavy atom. The number of carbonyl (C=O) groups is 2. The first-order valence-electron chi connectivity index (χ1n) is 6.87. The molecule has 0 saturated heterocycles. The van der Waals surface area contributed by atoms with E-state index >= 15 is 0 Å². The van der Waals surface area contributed by atoms with Gasteiger partial charge in [0.05, 0.1) is 6.42 Å². The van der Waals surface area contributed by atoms with Gasteiger partial charge in [0.1, 0.15) is 5.82 Å². The van der Waals surface area contributed by atoms with Gasteiger partial charge < -0.3 is 10.4 Å². The van der Waals surface area contributed by atoms with Crippen LogP contribution in [0.15, 0.2) is 54.6 Å². The highest BCUT2D eigenvalue weighted by atomic mass is 19.1. The molecule has 0 aliphatic carbocycles. The van der Waals surface area contributed by atoms with Crippen LogP contribution >= 0.6 is 0 Å². The lowest BCUT2D eigenvalue weighted by Gasteiger charge is -2.15. The number of nitrogens with one attached hydrogen (secondary N) is 1. The molecule has 0 fully saturated rings. The van der Waals surface area contributed by atoms with E-state index < -0.39 is 11.9 Å². The van der Waals surface area contributed by atoms with Crippen molar-refractivity contribution in [1.82, 2.24) is 0 Å². The van der Waals surface area contributed by atoms with Gasteiger partial charge in [0.25, 0.3) is 0 Å². The predicted octanol–water partition coefficient (Wildman–Crippen LogP) is 3.41. The fourth-order valence-electron chi connectivity index (χ4n) is 2.21. The highest BCUT2D eigenvalue weighted by molar-refractivity contribution is 5.91. The first-order chi connectivity index (χ1) is 10.5. The summed E-state index contributed by atoms with van der Waals surface area (Å²) in [5, 5.41) is 11.6. The van der Waals surface area contributed by atoms with Crippen LogP contribution < -0.4 is 5.32 Å². The molecule has 0 saturated carbocycles. The van der Waals surface area contributed by atoms with Gasteiger partial charge in [-0.3, -0.25) is 9.59 Å². The molecule has 0 spiro atoms. The van der Waals surface area contributed by atoms with Crippen molar-refractivity contribution in [3.8, 4) is 0 Å². The van der Waals surface area contributed by atoms with E-state index in [4.69, 9.17) is 5.11 Å². The van der Waals surface area contributed by atoms with Gasteiger partial charge in [-0.25, -0.2) is 4.39 Å².